The summed E-state index contributed by atoms with van der Waals surface area (Å²) in [7, 11) is 0. The van der Waals surface area contributed by atoms with E-state index in [1.807, 2.05) is 0 Å². The second-order valence-corrected chi connectivity index (χ2v) is 7.38. The average molecular weight is 404 g/mol. The molecule has 2 rings (SSSR count). The number of nitrogens with zero attached hydrogens (tertiary/aromatic N) is 1. The van der Waals surface area contributed by atoms with E-state index in [9.17, 15) is 9.18 Å². The molecule has 116 valence electrons. The molecular formula is C16H22FIN2O. The summed E-state index contributed by atoms with van der Waals surface area (Å²) in [4.78, 5) is 14.7. The molecule has 1 aromatic rings. The number of amides is 1. The normalized spacial score (nSPS) is 19.8. The van der Waals surface area contributed by atoms with E-state index >= 15 is 0 Å². The van der Waals surface area contributed by atoms with Gasteiger partial charge in [-0.05, 0) is 80.4 Å². The van der Waals surface area contributed by atoms with Gasteiger partial charge in [-0.15, -0.1) is 0 Å². The summed E-state index contributed by atoms with van der Waals surface area (Å²) in [6.07, 6.45) is 2.83. The van der Waals surface area contributed by atoms with Crippen LogP contribution in [-0.2, 0) is 4.79 Å². The van der Waals surface area contributed by atoms with Crippen LogP contribution in [0.3, 0.4) is 0 Å². The van der Waals surface area contributed by atoms with Crippen molar-refractivity contribution in [1.29, 1.82) is 0 Å². The van der Waals surface area contributed by atoms with Crippen LogP contribution < -0.4 is 5.32 Å². The van der Waals surface area contributed by atoms with E-state index < -0.39 is 0 Å². The van der Waals surface area contributed by atoms with Gasteiger partial charge in [0.05, 0.1) is 11.7 Å². The fraction of sp³-hybridized carbons (Fsp3) is 0.562. The van der Waals surface area contributed by atoms with Crippen LogP contribution in [0.25, 0.3) is 0 Å². The Bertz CT molecular complexity index is 533. The van der Waals surface area contributed by atoms with Crippen molar-refractivity contribution in [3.05, 3.63) is 27.6 Å². The van der Waals surface area contributed by atoms with E-state index in [0.29, 0.717) is 0 Å². The molecule has 1 aromatic carbocycles. The summed E-state index contributed by atoms with van der Waals surface area (Å²) in [5.41, 5.74) is 0.255. The monoisotopic (exact) mass is 404 g/mol. The molecule has 5 heteroatoms. The Morgan fingerprint density at radius 2 is 2.24 bits per heavy atom. The summed E-state index contributed by atoms with van der Waals surface area (Å²) in [5, 5.41) is 2.75. The topological polar surface area (TPSA) is 32.3 Å². The van der Waals surface area contributed by atoms with Crippen molar-refractivity contribution in [3.8, 4) is 0 Å². The molecule has 0 radical (unpaired) electrons. The van der Waals surface area contributed by atoms with Crippen LogP contribution in [0.5, 0.6) is 0 Å². The summed E-state index contributed by atoms with van der Waals surface area (Å²) in [5.74, 6) is -0.483. The molecule has 0 aromatic heterocycles. The molecular weight excluding hydrogens is 382 g/mol. The molecule has 1 fully saturated rings. The number of halogens is 2. The maximum atomic E-state index is 13.9. The number of rotatable bonds is 4. The molecule has 0 aliphatic carbocycles. The Labute approximate surface area is 139 Å². The lowest BCUT2D eigenvalue weighted by atomic mass is 9.98. The van der Waals surface area contributed by atoms with E-state index in [1.165, 1.54) is 6.07 Å². The van der Waals surface area contributed by atoms with Gasteiger partial charge in [0.25, 0.3) is 0 Å². The smallest absolute Gasteiger partial charge is 0.241 e. The lowest BCUT2D eigenvalue weighted by molar-refractivity contribution is -0.122. The lowest BCUT2D eigenvalue weighted by Gasteiger charge is -2.38. The van der Waals surface area contributed by atoms with Crippen molar-refractivity contribution in [2.24, 2.45) is 0 Å². The van der Waals surface area contributed by atoms with Gasteiger partial charge in [0, 0.05) is 9.11 Å². The zero-order valence-corrected chi connectivity index (χ0v) is 14.9. The third-order valence-corrected chi connectivity index (χ3v) is 5.06. The number of benzene rings is 1. The van der Waals surface area contributed by atoms with Crippen LogP contribution in [0.1, 0.15) is 40.0 Å². The molecule has 21 heavy (non-hydrogen) atoms. The van der Waals surface area contributed by atoms with Crippen molar-refractivity contribution in [2.75, 3.05) is 11.9 Å². The first-order valence-corrected chi connectivity index (χ1v) is 8.45. The summed E-state index contributed by atoms with van der Waals surface area (Å²) in [6, 6.07) is 4.68. The van der Waals surface area contributed by atoms with E-state index in [1.54, 1.807) is 12.1 Å². The maximum Gasteiger partial charge on any atom is 0.241 e. The SMILES string of the molecule is CCC(C)(C)N1CCCC1C(=O)Nc1ccc(I)cc1F. The highest BCUT2D eigenvalue weighted by Crippen LogP contribution is 2.30. The predicted octanol–water partition coefficient (Wildman–Crippen LogP) is 4.02. The molecule has 0 saturated carbocycles. The first-order chi connectivity index (χ1) is 9.85. The predicted molar refractivity (Wildman–Crippen MR) is 91.8 cm³/mol. The van der Waals surface area contributed by atoms with Crippen molar-refractivity contribution in [3.63, 3.8) is 0 Å². The summed E-state index contributed by atoms with van der Waals surface area (Å²) < 4.78 is 14.7. The first kappa shape index (κ1) is 16.7. The zero-order chi connectivity index (χ0) is 15.6. The number of likely N-dealkylation sites (tertiary alicyclic amines) is 1. The van der Waals surface area contributed by atoms with Gasteiger partial charge in [-0.25, -0.2) is 4.39 Å². The Balaban J connectivity index is 2.12. The minimum absolute atomic E-state index is 0.0108. The summed E-state index contributed by atoms with van der Waals surface area (Å²) in [6.45, 7) is 7.37. The third-order valence-electron chi connectivity index (χ3n) is 4.39. The standard InChI is InChI=1S/C16H22FIN2O/c1-4-16(2,3)20-9-5-6-14(20)15(21)19-13-8-7-11(18)10-12(13)17/h7-8,10,14H,4-6,9H2,1-3H3,(H,19,21). The number of carbonyl (C=O) groups excluding carboxylic acids is 1. The van der Waals surface area contributed by atoms with Crippen molar-refractivity contribution < 1.29 is 9.18 Å². The minimum atomic E-state index is -0.380. The van der Waals surface area contributed by atoms with Crippen LogP contribution in [0.15, 0.2) is 18.2 Å². The molecule has 1 heterocycles. The van der Waals surface area contributed by atoms with Gasteiger partial charge < -0.3 is 5.32 Å². The highest BCUT2D eigenvalue weighted by Gasteiger charge is 2.38. The van der Waals surface area contributed by atoms with Gasteiger partial charge in [-0.3, -0.25) is 9.69 Å². The molecule has 1 unspecified atom stereocenters. The molecule has 1 aliphatic rings. The number of anilines is 1. The van der Waals surface area contributed by atoms with Crippen LogP contribution in [0.2, 0.25) is 0 Å². The van der Waals surface area contributed by atoms with Crippen LogP contribution in [0.4, 0.5) is 10.1 Å². The van der Waals surface area contributed by atoms with E-state index in [-0.39, 0.29) is 29.0 Å². The average Bonchev–Trinajstić information content (AvgIpc) is 2.92. The van der Waals surface area contributed by atoms with Gasteiger partial charge in [0.2, 0.25) is 5.91 Å². The van der Waals surface area contributed by atoms with Crippen LogP contribution in [0, 0.1) is 9.39 Å². The van der Waals surface area contributed by atoms with Crippen molar-refractivity contribution in [2.45, 2.75) is 51.6 Å². The number of hydrogen-bond acceptors (Lipinski definition) is 2. The largest absolute Gasteiger partial charge is 0.322 e. The lowest BCUT2D eigenvalue weighted by Crippen LogP contribution is -2.50. The molecule has 3 nitrogen and oxygen atoms in total. The van der Waals surface area contributed by atoms with Gasteiger partial charge in [0.15, 0.2) is 0 Å². The molecule has 1 N–H and O–H groups in total. The fourth-order valence-electron chi connectivity index (χ4n) is 2.77. The van der Waals surface area contributed by atoms with Crippen molar-refractivity contribution >= 4 is 34.2 Å². The number of nitrogens with one attached hydrogen (secondary N) is 1. The first-order valence-electron chi connectivity index (χ1n) is 7.38. The summed E-state index contributed by atoms with van der Waals surface area (Å²) >= 11 is 2.05. The number of carbonyl (C=O) groups is 1. The molecule has 1 amide bonds. The highest BCUT2D eigenvalue weighted by atomic mass is 127. The van der Waals surface area contributed by atoms with Gasteiger partial charge in [-0.1, -0.05) is 6.92 Å². The Morgan fingerprint density at radius 3 is 2.86 bits per heavy atom. The molecule has 0 bridgehead atoms. The number of hydrogen-bond donors (Lipinski definition) is 1. The molecule has 1 saturated heterocycles. The Hall–Kier alpha value is -0.690. The van der Waals surface area contributed by atoms with E-state index in [0.717, 1.165) is 29.4 Å². The van der Waals surface area contributed by atoms with Crippen LogP contribution >= 0.6 is 22.6 Å². The minimum Gasteiger partial charge on any atom is -0.322 e. The third kappa shape index (κ3) is 3.74. The van der Waals surface area contributed by atoms with Crippen LogP contribution in [-0.4, -0.2) is 28.9 Å². The zero-order valence-electron chi connectivity index (χ0n) is 12.7. The fourth-order valence-corrected chi connectivity index (χ4v) is 3.23. The second kappa shape index (κ2) is 6.60. The quantitative estimate of drug-likeness (QED) is 0.769. The Morgan fingerprint density at radius 1 is 1.52 bits per heavy atom. The molecule has 1 aliphatic heterocycles. The van der Waals surface area contributed by atoms with Gasteiger partial charge >= 0.3 is 0 Å². The molecule has 1 atom stereocenters. The van der Waals surface area contributed by atoms with Gasteiger partial charge in [0.1, 0.15) is 5.82 Å². The molecule has 0 spiro atoms. The van der Waals surface area contributed by atoms with Gasteiger partial charge in [-0.2, -0.15) is 0 Å². The maximum absolute atomic E-state index is 13.9. The van der Waals surface area contributed by atoms with E-state index in [4.69, 9.17) is 0 Å². The van der Waals surface area contributed by atoms with E-state index in [2.05, 4.69) is 53.6 Å². The second-order valence-electron chi connectivity index (χ2n) is 6.13. The Kier molecular flexibility index (Phi) is 5.24. The highest BCUT2D eigenvalue weighted by molar-refractivity contribution is 14.1. The van der Waals surface area contributed by atoms with Crippen molar-refractivity contribution in [1.82, 2.24) is 4.90 Å².